The lowest BCUT2D eigenvalue weighted by Gasteiger charge is -2.37. The Labute approximate surface area is 176 Å². The molecule has 6 nitrogen and oxygen atoms in total. The maximum Gasteiger partial charge on any atom is 0.416 e. The van der Waals surface area contributed by atoms with Crippen molar-refractivity contribution in [2.45, 2.75) is 43.2 Å². The second-order valence-electron chi connectivity index (χ2n) is 7.82. The molecule has 0 amide bonds. The lowest BCUT2D eigenvalue weighted by molar-refractivity contribution is -0.137. The molecule has 0 spiro atoms. The van der Waals surface area contributed by atoms with Crippen molar-refractivity contribution in [2.75, 3.05) is 46.4 Å². The van der Waals surface area contributed by atoms with Gasteiger partial charge in [-0.05, 0) is 63.0 Å². The zero-order chi connectivity index (χ0) is 21.8. The van der Waals surface area contributed by atoms with Crippen LogP contribution in [0.2, 0.25) is 0 Å². The molecule has 0 aliphatic carbocycles. The highest BCUT2D eigenvalue weighted by Crippen LogP contribution is 2.31. The van der Waals surface area contributed by atoms with E-state index in [0.717, 1.165) is 31.8 Å². The first kappa shape index (κ1) is 23.3. The van der Waals surface area contributed by atoms with E-state index in [1.165, 1.54) is 12.1 Å². The predicted molar refractivity (Wildman–Crippen MR) is 107 cm³/mol. The van der Waals surface area contributed by atoms with Crippen LogP contribution in [0, 0.1) is 0 Å². The molecule has 2 heterocycles. The minimum absolute atomic E-state index is 0.205. The van der Waals surface area contributed by atoms with Gasteiger partial charge in [0, 0.05) is 26.7 Å². The van der Waals surface area contributed by atoms with Crippen LogP contribution < -0.4 is 4.74 Å². The first-order valence-electron chi connectivity index (χ1n) is 10.2. The molecule has 0 aromatic heterocycles. The monoisotopic (exact) mass is 450 g/mol. The van der Waals surface area contributed by atoms with Crippen molar-refractivity contribution < 1.29 is 31.1 Å². The van der Waals surface area contributed by atoms with Crippen molar-refractivity contribution in [3.05, 3.63) is 29.8 Å². The van der Waals surface area contributed by atoms with Crippen LogP contribution >= 0.6 is 0 Å². The number of ether oxygens (including phenoxy) is 2. The van der Waals surface area contributed by atoms with Gasteiger partial charge in [-0.3, -0.25) is 0 Å². The van der Waals surface area contributed by atoms with Crippen molar-refractivity contribution in [3.8, 4) is 5.75 Å². The van der Waals surface area contributed by atoms with E-state index in [2.05, 4.69) is 4.90 Å². The average Bonchev–Trinajstić information content (AvgIpc) is 2.73. The Morgan fingerprint density at radius 1 is 1.00 bits per heavy atom. The minimum atomic E-state index is -4.38. The highest BCUT2D eigenvalue weighted by Gasteiger charge is 2.37. The van der Waals surface area contributed by atoms with Gasteiger partial charge >= 0.3 is 6.18 Å². The second-order valence-corrected chi connectivity index (χ2v) is 10.0. The summed E-state index contributed by atoms with van der Waals surface area (Å²) in [5, 5.41) is -0.358. The van der Waals surface area contributed by atoms with Crippen molar-refractivity contribution >= 4 is 10.0 Å². The Morgan fingerprint density at radius 3 is 2.13 bits per heavy atom. The molecule has 0 atom stereocenters. The molecular formula is C20H29F3N2O4S. The van der Waals surface area contributed by atoms with Gasteiger partial charge < -0.3 is 14.4 Å². The van der Waals surface area contributed by atoms with Gasteiger partial charge in [0.15, 0.2) is 0 Å². The third-order valence-electron chi connectivity index (χ3n) is 5.81. The number of nitrogens with zero attached hydrogens (tertiary/aromatic N) is 2. The predicted octanol–water partition coefficient (Wildman–Crippen LogP) is 2.99. The van der Waals surface area contributed by atoms with E-state index in [9.17, 15) is 21.6 Å². The number of sulfonamides is 1. The van der Waals surface area contributed by atoms with Crippen molar-refractivity contribution in [1.29, 1.82) is 0 Å². The summed E-state index contributed by atoms with van der Waals surface area (Å²) >= 11 is 0. The van der Waals surface area contributed by atoms with E-state index in [1.807, 2.05) is 0 Å². The average molecular weight is 451 g/mol. The highest BCUT2D eigenvalue weighted by atomic mass is 32.2. The molecule has 2 saturated heterocycles. The summed E-state index contributed by atoms with van der Waals surface area (Å²) in [4.78, 5) is 2.22. The molecule has 1 aromatic carbocycles. The van der Waals surface area contributed by atoms with Gasteiger partial charge in [-0.25, -0.2) is 12.7 Å². The van der Waals surface area contributed by atoms with E-state index in [-0.39, 0.29) is 11.4 Å². The Hall–Kier alpha value is -1.36. The van der Waals surface area contributed by atoms with Crippen LogP contribution in [0.5, 0.6) is 5.75 Å². The molecule has 0 bridgehead atoms. The molecule has 3 rings (SSSR count). The van der Waals surface area contributed by atoms with Crippen molar-refractivity contribution in [1.82, 2.24) is 9.21 Å². The zero-order valence-corrected chi connectivity index (χ0v) is 17.9. The second kappa shape index (κ2) is 9.84. The Balaban J connectivity index is 1.48. The van der Waals surface area contributed by atoms with Crippen molar-refractivity contribution in [3.63, 3.8) is 0 Å². The zero-order valence-electron chi connectivity index (χ0n) is 17.1. The highest BCUT2D eigenvalue weighted by molar-refractivity contribution is 7.89. The summed E-state index contributed by atoms with van der Waals surface area (Å²) in [7, 11) is -1.70. The quantitative estimate of drug-likeness (QED) is 0.639. The van der Waals surface area contributed by atoms with Crippen molar-refractivity contribution in [2.24, 2.45) is 0 Å². The van der Waals surface area contributed by atoms with Crippen LogP contribution in [0.1, 0.15) is 31.2 Å². The molecule has 0 saturated carbocycles. The third-order valence-corrected chi connectivity index (χ3v) is 8.21. The van der Waals surface area contributed by atoms with Gasteiger partial charge in [0.25, 0.3) is 0 Å². The molecule has 0 N–H and O–H groups in total. The molecule has 30 heavy (non-hydrogen) atoms. The van der Waals surface area contributed by atoms with Crippen LogP contribution in [-0.2, 0) is 20.9 Å². The Bertz CT molecular complexity index is 770. The first-order chi connectivity index (χ1) is 14.2. The van der Waals surface area contributed by atoms with E-state index in [1.54, 1.807) is 11.4 Å². The standard InChI is InChI=1S/C20H29F3N2O4S/c1-28-15-14-24-10-8-19(9-11-24)30(26,27)25-12-6-18(7-13-25)29-17-4-2-16(3-5-17)20(21,22)23/h2-5,18-19H,6-15H2,1H3. The topological polar surface area (TPSA) is 59.1 Å². The number of hydrogen-bond donors (Lipinski definition) is 0. The molecule has 0 unspecified atom stereocenters. The van der Waals surface area contributed by atoms with E-state index < -0.39 is 21.8 Å². The molecule has 2 aliphatic heterocycles. The SMILES string of the molecule is COCCN1CCC(S(=O)(=O)N2CCC(Oc3ccc(C(F)(F)F)cc3)CC2)CC1. The van der Waals surface area contributed by atoms with Gasteiger partial charge in [-0.15, -0.1) is 0 Å². The van der Waals surface area contributed by atoms with Gasteiger partial charge in [0.2, 0.25) is 10.0 Å². The van der Waals surface area contributed by atoms with Crippen LogP contribution in [0.15, 0.2) is 24.3 Å². The fraction of sp³-hybridized carbons (Fsp3) is 0.700. The molecular weight excluding hydrogens is 421 g/mol. The Kier molecular flexibility index (Phi) is 7.65. The fourth-order valence-electron chi connectivity index (χ4n) is 3.98. The number of benzene rings is 1. The third kappa shape index (κ3) is 5.87. The molecule has 170 valence electrons. The van der Waals surface area contributed by atoms with Gasteiger partial charge in [0.1, 0.15) is 11.9 Å². The summed E-state index contributed by atoms with van der Waals surface area (Å²) in [6.45, 7) is 3.70. The Morgan fingerprint density at radius 2 is 1.60 bits per heavy atom. The number of halogens is 3. The van der Waals surface area contributed by atoms with Gasteiger partial charge in [-0.1, -0.05) is 0 Å². The summed E-state index contributed by atoms with van der Waals surface area (Å²) in [6.07, 6.45) is -2.30. The van der Waals surface area contributed by atoms with E-state index >= 15 is 0 Å². The normalized spacial score (nSPS) is 21.1. The maximum absolute atomic E-state index is 13.0. The number of rotatable bonds is 7. The van der Waals surface area contributed by atoms with Crippen LogP contribution in [0.25, 0.3) is 0 Å². The summed E-state index contributed by atoms with van der Waals surface area (Å²) < 4.78 is 76.3. The smallest absolute Gasteiger partial charge is 0.416 e. The molecule has 2 fully saturated rings. The number of hydrogen-bond acceptors (Lipinski definition) is 5. The largest absolute Gasteiger partial charge is 0.490 e. The van der Waals surface area contributed by atoms with Gasteiger partial charge in [-0.2, -0.15) is 13.2 Å². The van der Waals surface area contributed by atoms with E-state index in [0.29, 0.717) is 51.1 Å². The summed E-state index contributed by atoms with van der Waals surface area (Å²) in [5.74, 6) is 0.368. The van der Waals surface area contributed by atoms with Gasteiger partial charge in [0.05, 0.1) is 17.4 Å². The number of alkyl halides is 3. The molecule has 0 radical (unpaired) electrons. The van der Waals surface area contributed by atoms with Crippen LogP contribution in [-0.4, -0.2) is 75.4 Å². The minimum Gasteiger partial charge on any atom is -0.490 e. The lowest BCUT2D eigenvalue weighted by Crippen LogP contribution is -2.49. The number of methoxy groups -OCH3 is 1. The fourth-order valence-corrected chi connectivity index (χ4v) is 5.93. The number of piperidine rings is 2. The molecule has 2 aliphatic rings. The number of likely N-dealkylation sites (tertiary alicyclic amines) is 1. The van der Waals surface area contributed by atoms with Crippen LogP contribution in [0.3, 0.4) is 0 Å². The first-order valence-corrected chi connectivity index (χ1v) is 11.7. The van der Waals surface area contributed by atoms with E-state index in [4.69, 9.17) is 9.47 Å². The molecule has 10 heteroatoms. The lowest BCUT2D eigenvalue weighted by atomic mass is 10.1. The van der Waals surface area contributed by atoms with Crippen LogP contribution in [0.4, 0.5) is 13.2 Å². The summed E-state index contributed by atoms with van der Waals surface area (Å²) in [5.41, 5.74) is -0.718. The summed E-state index contributed by atoms with van der Waals surface area (Å²) in [6, 6.07) is 4.61. The molecule has 1 aromatic rings. The maximum atomic E-state index is 13.0.